The summed E-state index contributed by atoms with van der Waals surface area (Å²) >= 11 is 0. The highest BCUT2D eigenvalue weighted by atomic mass is 16.7. The van der Waals surface area contributed by atoms with Crippen molar-refractivity contribution in [3.8, 4) is 17.2 Å². The first-order valence-corrected chi connectivity index (χ1v) is 8.07. The van der Waals surface area contributed by atoms with E-state index in [0.717, 1.165) is 22.6 Å². The number of rotatable bonds is 5. The molecule has 0 aromatic heterocycles. The molecule has 5 heteroatoms. The summed E-state index contributed by atoms with van der Waals surface area (Å²) in [6, 6.07) is 13.2. The van der Waals surface area contributed by atoms with Crippen LogP contribution in [-0.4, -0.2) is 31.8 Å². The Bertz CT molecular complexity index is 800. The van der Waals surface area contributed by atoms with Crippen molar-refractivity contribution in [1.82, 2.24) is 4.90 Å². The highest BCUT2D eigenvalue weighted by molar-refractivity contribution is 5.92. The van der Waals surface area contributed by atoms with Gasteiger partial charge in [-0.3, -0.25) is 4.79 Å². The third-order valence-corrected chi connectivity index (χ3v) is 4.33. The first-order chi connectivity index (χ1) is 12.1. The molecule has 2 aromatic rings. The molecule has 0 saturated carbocycles. The molecule has 25 heavy (non-hydrogen) atoms. The molecule has 0 saturated heterocycles. The zero-order valence-electron chi connectivity index (χ0n) is 14.6. The molecule has 1 unspecified atom stereocenters. The van der Waals surface area contributed by atoms with E-state index in [1.54, 1.807) is 31.2 Å². The number of amides is 1. The second-order valence-electron chi connectivity index (χ2n) is 5.81. The van der Waals surface area contributed by atoms with Crippen LogP contribution in [0, 0.1) is 0 Å². The third kappa shape index (κ3) is 3.60. The number of hydrogen-bond donors (Lipinski definition) is 0. The fraction of sp³-hybridized carbons (Fsp3) is 0.250. The molecule has 0 bridgehead atoms. The predicted molar refractivity (Wildman–Crippen MR) is 95.8 cm³/mol. The molecule has 1 heterocycles. The maximum Gasteiger partial charge on any atom is 0.246 e. The maximum absolute atomic E-state index is 12.5. The largest absolute Gasteiger partial charge is 0.496 e. The van der Waals surface area contributed by atoms with Gasteiger partial charge in [0, 0.05) is 18.7 Å². The Morgan fingerprint density at radius 1 is 1.20 bits per heavy atom. The summed E-state index contributed by atoms with van der Waals surface area (Å²) in [6.45, 7) is 2.21. The van der Waals surface area contributed by atoms with Crippen LogP contribution in [0.2, 0.25) is 0 Å². The van der Waals surface area contributed by atoms with Gasteiger partial charge >= 0.3 is 0 Å². The summed E-state index contributed by atoms with van der Waals surface area (Å²) in [5.41, 5.74) is 1.85. The number of carbonyl (C=O) groups is 1. The molecule has 0 fully saturated rings. The Morgan fingerprint density at radius 3 is 2.76 bits per heavy atom. The number of fused-ring (bicyclic) bond motifs is 1. The number of likely N-dealkylation sites (N-methyl/N-ethyl adjacent to an activating group) is 1. The van der Waals surface area contributed by atoms with Crippen LogP contribution in [0.4, 0.5) is 0 Å². The van der Waals surface area contributed by atoms with E-state index in [-0.39, 0.29) is 18.7 Å². The number of carbonyl (C=O) groups excluding carboxylic acids is 1. The number of ether oxygens (including phenoxy) is 3. The summed E-state index contributed by atoms with van der Waals surface area (Å²) in [6.07, 6.45) is 3.33. The lowest BCUT2D eigenvalue weighted by molar-refractivity contribution is -0.126. The minimum Gasteiger partial charge on any atom is -0.496 e. The van der Waals surface area contributed by atoms with Gasteiger partial charge < -0.3 is 19.1 Å². The molecule has 0 aliphatic carbocycles. The molecule has 1 atom stereocenters. The summed E-state index contributed by atoms with van der Waals surface area (Å²) in [7, 11) is 3.41. The standard InChI is InChI=1S/C20H21NO4/c1-14(16-6-4-5-7-17(16)23-3)21(2)20(22)11-9-15-8-10-18-19(12-15)25-13-24-18/h4-12,14H,13H2,1-3H3/b11-9+. The molecular weight excluding hydrogens is 318 g/mol. The summed E-state index contributed by atoms with van der Waals surface area (Å²) in [5.74, 6) is 2.11. The molecule has 1 aliphatic rings. The van der Waals surface area contributed by atoms with Crippen molar-refractivity contribution in [1.29, 1.82) is 0 Å². The van der Waals surface area contributed by atoms with Crippen LogP contribution in [0.3, 0.4) is 0 Å². The van der Waals surface area contributed by atoms with E-state index in [9.17, 15) is 4.79 Å². The number of hydrogen-bond acceptors (Lipinski definition) is 4. The predicted octanol–water partition coefficient (Wildman–Crippen LogP) is 3.66. The monoisotopic (exact) mass is 339 g/mol. The van der Waals surface area contributed by atoms with Crippen LogP contribution in [0.5, 0.6) is 17.2 Å². The van der Waals surface area contributed by atoms with Gasteiger partial charge in [-0.25, -0.2) is 0 Å². The Morgan fingerprint density at radius 2 is 1.96 bits per heavy atom. The molecule has 1 amide bonds. The quantitative estimate of drug-likeness (QED) is 0.780. The van der Waals surface area contributed by atoms with Gasteiger partial charge in [0.1, 0.15) is 5.75 Å². The van der Waals surface area contributed by atoms with Crippen molar-refractivity contribution < 1.29 is 19.0 Å². The average molecular weight is 339 g/mol. The van der Waals surface area contributed by atoms with Crippen molar-refractivity contribution >= 4 is 12.0 Å². The Balaban J connectivity index is 1.71. The molecule has 0 N–H and O–H groups in total. The molecule has 1 aliphatic heterocycles. The smallest absolute Gasteiger partial charge is 0.246 e. The third-order valence-electron chi connectivity index (χ3n) is 4.33. The van der Waals surface area contributed by atoms with Crippen molar-refractivity contribution in [3.63, 3.8) is 0 Å². The van der Waals surface area contributed by atoms with E-state index in [1.165, 1.54) is 0 Å². The first-order valence-electron chi connectivity index (χ1n) is 8.07. The van der Waals surface area contributed by atoms with Crippen molar-refractivity contribution in [2.75, 3.05) is 21.0 Å². The topological polar surface area (TPSA) is 48.0 Å². The molecule has 5 nitrogen and oxygen atoms in total. The molecule has 0 radical (unpaired) electrons. The first kappa shape index (κ1) is 16.9. The Kier molecular flexibility index (Phi) is 4.93. The second-order valence-corrected chi connectivity index (χ2v) is 5.81. The van der Waals surface area contributed by atoms with Gasteiger partial charge in [-0.05, 0) is 36.8 Å². The molecule has 3 rings (SSSR count). The minimum atomic E-state index is -0.106. The van der Waals surface area contributed by atoms with Gasteiger partial charge in [-0.2, -0.15) is 0 Å². The normalized spacial score (nSPS) is 13.7. The fourth-order valence-electron chi connectivity index (χ4n) is 2.71. The summed E-state index contributed by atoms with van der Waals surface area (Å²) in [4.78, 5) is 14.2. The Hall–Kier alpha value is -2.95. The van der Waals surface area contributed by atoms with E-state index in [4.69, 9.17) is 14.2 Å². The van der Waals surface area contributed by atoms with Gasteiger partial charge in [-0.1, -0.05) is 24.3 Å². The van der Waals surface area contributed by atoms with Gasteiger partial charge in [0.25, 0.3) is 0 Å². The van der Waals surface area contributed by atoms with Crippen LogP contribution in [-0.2, 0) is 4.79 Å². The molecular formula is C20H21NO4. The number of nitrogens with zero attached hydrogens (tertiary/aromatic N) is 1. The van der Waals surface area contributed by atoms with Crippen molar-refractivity contribution in [3.05, 3.63) is 59.7 Å². The Labute approximate surface area is 147 Å². The van der Waals surface area contributed by atoms with Gasteiger partial charge in [0.2, 0.25) is 12.7 Å². The van der Waals surface area contributed by atoms with Crippen LogP contribution in [0.1, 0.15) is 24.1 Å². The van der Waals surface area contributed by atoms with E-state index in [0.29, 0.717) is 5.75 Å². The lowest BCUT2D eigenvalue weighted by Crippen LogP contribution is -2.28. The highest BCUT2D eigenvalue weighted by Gasteiger charge is 2.18. The van der Waals surface area contributed by atoms with E-state index < -0.39 is 0 Å². The average Bonchev–Trinajstić information content (AvgIpc) is 3.12. The zero-order chi connectivity index (χ0) is 17.8. The number of benzene rings is 2. The highest BCUT2D eigenvalue weighted by Crippen LogP contribution is 2.33. The van der Waals surface area contributed by atoms with Gasteiger partial charge in [-0.15, -0.1) is 0 Å². The SMILES string of the molecule is COc1ccccc1C(C)N(C)C(=O)/C=C/c1ccc2c(c1)OCO2. The van der Waals surface area contributed by atoms with E-state index in [1.807, 2.05) is 49.4 Å². The lowest BCUT2D eigenvalue weighted by atomic mass is 10.1. The summed E-state index contributed by atoms with van der Waals surface area (Å²) in [5, 5.41) is 0. The van der Waals surface area contributed by atoms with E-state index in [2.05, 4.69) is 0 Å². The van der Waals surface area contributed by atoms with E-state index >= 15 is 0 Å². The van der Waals surface area contributed by atoms with Crippen molar-refractivity contribution in [2.24, 2.45) is 0 Å². The molecule has 2 aromatic carbocycles. The van der Waals surface area contributed by atoms with Crippen LogP contribution in [0.15, 0.2) is 48.5 Å². The van der Waals surface area contributed by atoms with Crippen LogP contribution >= 0.6 is 0 Å². The van der Waals surface area contributed by atoms with Gasteiger partial charge in [0.05, 0.1) is 13.2 Å². The fourth-order valence-corrected chi connectivity index (χ4v) is 2.71. The van der Waals surface area contributed by atoms with Gasteiger partial charge in [0.15, 0.2) is 11.5 Å². The minimum absolute atomic E-state index is 0.0870. The zero-order valence-corrected chi connectivity index (χ0v) is 14.6. The lowest BCUT2D eigenvalue weighted by Gasteiger charge is -2.25. The summed E-state index contributed by atoms with van der Waals surface area (Å²) < 4.78 is 16.0. The maximum atomic E-state index is 12.5. The van der Waals surface area contributed by atoms with Crippen LogP contribution in [0.25, 0.3) is 6.08 Å². The second kappa shape index (κ2) is 7.30. The molecule has 130 valence electrons. The molecule has 0 spiro atoms. The van der Waals surface area contributed by atoms with Crippen molar-refractivity contribution in [2.45, 2.75) is 13.0 Å². The number of methoxy groups -OCH3 is 1. The van der Waals surface area contributed by atoms with Crippen LogP contribution < -0.4 is 14.2 Å². The number of para-hydroxylation sites is 1.